The van der Waals surface area contributed by atoms with Crippen LogP contribution in [0.15, 0.2) is 24.3 Å². The fourth-order valence-corrected chi connectivity index (χ4v) is 3.43. The van der Waals surface area contributed by atoms with E-state index in [0.29, 0.717) is 30.8 Å². The highest BCUT2D eigenvalue weighted by molar-refractivity contribution is 5.97. The maximum atomic E-state index is 12.6. The number of benzene rings is 1. The first-order valence-electron chi connectivity index (χ1n) is 9.12. The summed E-state index contributed by atoms with van der Waals surface area (Å²) in [6.45, 7) is 3.26. The van der Waals surface area contributed by atoms with Crippen molar-refractivity contribution in [2.75, 3.05) is 25.0 Å². The number of urea groups is 1. The SMILES string of the molecule is CC(=O)c1cccc(NC(=O)N2CCCC2C(=O)NCC2CCCO2)c1. The Morgan fingerprint density at radius 1 is 1.23 bits per heavy atom. The molecule has 7 nitrogen and oxygen atoms in total. The number of ether oxygens (including phenoxy) is 1. The third-order valence-corrected chi connectivity index (χ3v) is 4.86. The van der Waals surface area contributed by atoms with Gasteiger partial charge in [0.1, 0.15) is 6.04 Å². The second-order valence-corrected chi connectivity index (χ2v) is 6.80. The molecular formula is C19H25N3O4. The van der Waals surface area contributed by atoms with E-state index >= 15 is 0 Å². The third-order valence-electron chi connectivity index (χ3n) is 4.86. The number of nitrogens with one attached hydrogen (secondary N) is 2. The molecule has 1 aromatic rings. The van der Waals surface area contributed by atoms with Crippen LogP contribution < -0.4 is 10.6 Å². The highest BCUT2D eigenvalue weighted by atomic mass is 16.5. The minimum atomic E-state index is -0.465. The average Bonchev–Trinajstić information content (AvgIpc) is 3.31. The molecule has 0 spiro atoms. The van der Waals surface area contributed by atoms with E-state index in [0.717, 1.165) is 25.9 Å². The van der Waals surface area contributed by atoms with Crippen LogP contribution in [0.4, 0.5) is 10.5 Å². The van der Waals surface area contributed by atoms with Gasteiger partial charge in [-0.15, -0.1) is 0 Å². The van der Waals surface area contributed by atoms with Crippen LogP contribution in [0, 0.1) is 0 Å². The van der Waals surface area contributed by atoms with Gasteiger partial charge in [0.15, 0.2) is 5.78 Å². The Balaban J connectivity index is 1.58. The lowest BCUT2D eigenvalue weighted by atomic mass is 10.1. The van der Waals surface area contributed by atoms with Gasteiger partial charge in [0.2, 0.25) is 5.91 Å². The van der Waals surface area contributed by atoms with Gasteiger partial charge in [0, 0.05) is 30.9 Å². The molecule has 7 heteroatoms. The van der Waals surface area contributed by atoms with Crippen molar-refractivity contribution in [3.8, 4) is 0 Å². The minimum absolute atomic E-state index is 0.0614. The fourth-order valence-electron chi connectivity index (χ4n) is 3.43. The summed E-state index contributed by atoms with van der Waals surface area (Å²) in [7, 11) is 0. The molecule has 140 valence electrons. The van der Waals surface area contributed by atoms with Gasteiger partial charge >= 0.3 is 6.03 Å². The third kappa shape index (κ3) is 4.40. The number of amides is 3. The van der Waals surface area contributed by atoms with E-state index in [2.05, 4.69) is 10.6 Å². The normalized spacial score (nSPS) is 22.3. The van der Waals surface area contributed by atoms with Crippen molar-refractivity contribution in [2.45, 2.75) is 44.8 Å². The Morgan fingerprint density at radius 2 is 2.08 bits per heavy atom. The highest BCUT2D eigenvalue weighted by Gasteiger charge is 2.34. The minimum Gasteiger partial charge on any atom is -0.376 e. The van der Waals surface area contributed by atoms with Crippen molar-refractivity contribution in [1.29, 1.82) is 0 Å². The summed E-state index contributed by atoms with van der Waals surface area (Å²) in [6, 6.07) is 6.01. The summed E-state index contributed by atoms with van der Waals surface area (Å²) in [5, 5.41) is 5.70. The monoisotopic (exact) mass is 359 g/mol. The smallest absolute Gasteiger partial charge is 0.322 e. The molecule has 3 amide bonds. The highest BCUT2D eigenvalue weighted by Crippen LogP contribution is 2.20. The van der Waals surface area contributed by atoms with E-state index in [4.69, 9.17) is 4.74 Å². The van der Waals surface area contributed by atoms with Gasteiger partial charge in [-0.2, -0.15) is 0 Å². The molecule has 0 bridgehead atoms. The Kier molecular flexibility index (Phi) is 5.88. The van der Waals surface area contributed by atoms with Crippen LogP contribution in [0.3, 0.4) is 0 Å². The zero-order chi connectivity index (χ0) is 18.5. The predicted octanol–water partition coefficient (Wildman–Crippen LogP) is 2.18. The topological polar surface area (TPSA) is 87.7 Å². The first-order chi connectivity index (χ1) is 12.5. The molecule has 2 saturated heterocycles. The van der Waals surface area contributed by atoms with Gasteiger partial charge in [0.05, 0.1) is 6.10 Å². The van der Waals surface area contributed by atoms with E-state index in [-0.39, 0.29) is 23.8 Å². The number of hydrogen-bond donors (Lipinski definition) is 2. The molecule has 0 radical (unpaired) electrons. The Morgan fingerprint density at radius 3 is 2.81 bits per heavy atom. The molecule has 2 heterocycles. The van der Waals surface area contributed by atoms with E-state index in [9.17, 15) is 14.4 Å². The van der Waals surface area contributed by atoms with Crippen molar-refractivity contribution in [2.24, 2.45) is 0 Å². The largest absolute Gasteiger partial charge is 0.376 e. The molecule has 2 atom stereocenters. The van der Waals surface area contributed by atoms with Crippen LogP contribution in [0.1, 0.15) is 43.0 Å². The number of nitrogens with zero attached hydrogens (tertiary/aromatic N) is 1. The van der Waals surface area contributed by atoms with Gasteiger partial charge < -0.3 is 20.3 Å². The summed E-state index contributed by atoms with van der Waals surface area (Å²) < 4.78 is 5.51. The standard InChI is InChI=1S/C19H25N3O4/c1-13(23)14-5-2-6-15(11-14)21-19(25)22-9-3-8-17(22)18(24)20-12-16-7-4-10-26-16/h2,5-6,11,16-17H,3-4,7-10,12H2,1H3,(H,20,24)(H,21,25). The van der Waals surface area contributed by atoms with Crippen LogP contribution >= 0.6 is 0 Å². The molecular weight excluding hydrogens is 334 g/mol. The van der Waals surface area contributed by atoms with Gasteiger partial charge in [-0.05, 0) is 44.7 Å². The lowest BCUT2D eigenvalue weighted by Crippen LogP contribution is -2.48. The molecule has 0 saturated carbocycles. The number of anilines is 1. The van der Waals surface area contributed by atoms with E-state index in [1.54, 1.807) is 29.2 Å². The van der Waals surface area contributed by atoms with E-state index in [1.807, 2.05) is 0 Å². The Bertz CT molecular complexity index is 685. The molecule has 2 fully saturated rings. The fraction of sp³-hybridized carbons (Fsp3) is 0.526. The number of likely N-dealkylation sites (tertiary alicyclic amines) is 1. The predicted molar refractivity (Wildman–Crippen MR) is 97.2 cm³/mol. The lowest BCUT2D eigenvalue weighted by Gasteiger charge is -2.25. The quantitative estimate of drug-likeness (QED) is 0.789. The Hall–Kier alpha value is -2.41. The summed E-state index contributed by atoms with van der Waals surface area (Å²) in [6.07, 6.45) is 3.51. The molecule has 3 rings (SSSR count). The molecule has 0 aliphatic carbocycles. The van der Waals surface area contributed by atoms with Crippen molar-refractivity contribution in [3.05, 3.63) is 29.8 Å². The molecule has 2 aliphatic heterocycles. The van der Waals surface area contributed by atoms with Gasteiger partial charge in [-0.1, -0.05) is 12.1 Å². The van der Waals surface area contributed by atoms with Crippen molar-refractivity contribution in [1.82, 2.24) is 10.2 Å². The lowest BCUT2D eigenvalue weighted by molar-refractivity contribution is -0.125. The molecule has 2 unspecified atom stereocenters. The number of Topliss-reactive ketones (excluding diaryl/α,β-unsaturated/α-hetero) is 1. The van der Waals surface area contributed by atoms with Crippen LogP contribution in [0.5, 0.6) is 0 Å². The van der Waals surface area contributed by atoms with Crippen LogP contribution in [0.25, 0.3) is 0 Å². The number of carbonyl (C=O) groups is 3. The zero-order valence-corrected chi connectivity index (χ0v) is 15.0. The summed E-state index contributed by atoms with van der Waals surface area (Å²) >= 11 is 0. The first-order valence-corrected chi connectivity index (χ1v) is 9.12. The molecule has 1 aromatic carbocycles. The Labute approximate surface area is 153 Å². The first kappa shape index (κ1) is 18.4. The van der Waals surface area contributed by atoms with Crippen molar-refractivity contribution < 1.29 is 19.1 Å². The van der Waals surface area contributed by atoms with Crippen LogP contribution in [-0.4, -0.2) is 54.5 Å². The van der Waals surface area contributed by atoms with E-state index in [1.165, 1.54) is 6.92 Å². The molecule has 2 N–H and O–H groups in total. The van der Waals surface area contributed by atoms with Crippen molar-refractivity contribution in [3.63, 3.8) is 0 Å². The van der Waals surface area contributed by atoms with Gasteiger partial charge in [-0.25, -0.2) is 4.79 Å². The maximum Gasteiger partial charge on any atom is 0.322 e. The maximum absolute atomic E-state index is 12.6. The summed E-state index contributed by atoms with van der Waals surface area (Å²) in [4.78, 5) is 38.1. The number of carbonyl (C=O) groups excluding carboxylic acids is 3. The molecule has 26 heavy (non-hydrogen) atoms. The van der Waals surface area contributed by atoms with Gasteiger partial charge in [-0.3, -0.25) is 9.59 Å². The average molecular weight is 359 g/mol. The van der Waals surface area contributed by atoms with Crippen molar-refractivity contribution >= 4 is 23.4 Å². The number of ketones is 1. The number of rotatable bonds is 5. The number of hydrogen-bond acceptors (Lipinski definition) is 4. The zero-order valence-electron chi connectivity index (χ0n) is 15.0. The molecule has 2 aliphatic rings. The van der Waals surface area contributed by atoms with E-state index < -0.39 is 6.04 Å². The molecule has 0 aromatic heterocycles. The summed E-state index contributed by atoms with van der Waals surface area (Å²) in [5.74, 6) is -0.195. The van der Waals surface area contributed by atoms with Gasteiger partial charge in [0.25, 0.3) is 0 Å². The second kappa shape index (κ2) is 8.31. The second-order valence-electron chi connectivity index (χ2n) is 6.80. The van der Waals surface area contributed by atoms with Crippen LogP contribution in [-0.2, 0) is 9.53 Å². The van der Waals surface area contributed by atoms with Crippen LogP contribution in [0.2, 0.25) is 0 Å². The summed E-state index contributed by atoms with van der Waals surface area (Å²) in [5.41, 5.74) is 1.09.